The van der Waals surface area contributed by atoms with Gasteiger partial charge in [-0.2, -0.15) is 0 Å². The van der Waals surface area contributed by atoms with E-state index in [1.54, 1.807) is 0 Å². The lowest BCUT2D eigenvalue weighted by atomic mass is 10.0. The molecule has 0 rings (SSSR count). The van der Waals surface area contributed by atoms with Gasteiger partial charge in [0.05, 0.1) is 0 Å². The molecule has 0 radical (unpaired) electrons. The van der Waals surface area contributed by atoms with E-state index in [2.05, 4.69) is 25.7 Å². The van der Waals surface area contributed by atoms with Crippen LogP contribution in [0.3, 0.4) is 0 Å². The first kappa shape index (κ1) is 15.5. The molecule has 3 nitrogen and oxygen atoms in total. The molecule has 0 aromatic rings. The average molecular weight is 200 g/mol. The maximum atomic E-state index is 10.9. The van der Waals surface area contributed by atoms with Crippen LogP contribution in [0.1, 0.15) is 41.0 Å². The van der Waals surface area contributed by atoms with Crippen LogP contribution in [-0.2, 0) is 4.79 Å². The number of rotatable bonds is 5. The van der Waals surface area contributed by atoms with E-state index in [4.69, 9.17) is 5.73 Å². The number of hydrogen-bond donors (Lipinski definition) is 2. The Bertz CT molecular complexity index is 176. The molecule has 1 atom stereocenters. The summed E-state index contributed by atoms with van der Waals surface area (Å²) in [6.45, 7) is 13.6. The molecule has 0 saturated carbocycles. The summed E-state index contributed by atoms with van der Waals surface area (Å²) in [7, 11) is 0. The first-order valence-corrected chi connectivity index (χ1v) is 5.14. The topological polar surface area (TPSA) is 55.1 Å². The minimum atomic E-state index is -0.313. The summed E-state index contributed by atoms with van der Waals surface area (Å²) in [5.41, 5.74) is 5.97. The molecule has 0 saturated heterocycles. The molecule has 3 N–H and O–H groups in total. The minimum Gasteiger partial charge on any atom is -0.378 e. The molecule has 0 spiro atoms. The van der Waals surface area contributed by atoms with Crippen LogP contribution < -0.4 is 11.1 Å². The largest absolute Gasteiger partial charge is 0.378 e. The number of primary amides is 1. The summed E-state index contributed by atoms with van der Waals surface area (Å²) in [6.07, 6.45) is 0.752. The lowest BCUT2D eigenvalue weighted by molar-refractivity contribution is -0.120. The summed E-state index contributed by atoms with van der Waals surface area (Å²) < 4.78 is 0. The molecule has 0 aromatic heterocycles. The average Bonchev–Trinajstić information content (AvgIpc) is 2.05. The highest BCUT2D eigenvalue weighted by Crippen LogP contribution is 2.05. The summed E-state index contributed by atoms with van der Waals surface area (Å²) >= 11 is 0. The fourth-order valence-corrected chi connectivity index (χ4v) is 1.02. The Hall–Kier alpha value is -0.990. The summed E-state index contributed by atoms with van der Waals surface area (Å²) in [6, 6.07) is -0.275. The van der Waals surface area contributed by atoms with E-state index in [1.165, 1.54) is 0 Å². The summed E-state index contributed by atoms with van der Waals surface area (Å²) in [5.74, 6) is 0.140. The molecule has 0 aliphatic carbocycles. The number of carbonyl (C=O) groups excluding carboxylic acids is 1. The van der Waals surface area contributed by atoms with Crippen molar-refractivity contribution in [2.75, 3.05) is 0 Å². The van der Waals surface area contributed by atoms with Crippen LogP contribution in [0.5, 0.6) is 0 Å². The second-order valence-electron chi connectivity index (χ2n) is 3.51. The zero-order valence-corrected chi connectivity index (χ0v) is 10.1. The van der Waals surface area contributed by atoms with Crippen LogP contribution in [0, 0.1) is 5.92 Å². The number of carbonyl (C=O) groups is 1. The Morgan fingerprint density at radius 3 is 2.07 bits per heavy atom. The molecule has 0 aliphatic rings. The van der Waals surface area contributed by atoms with Gasteiger partial charge in [-0.15, -0.1) is 0 Å². The zero-order chi connectivity index (χ0) is 11.7. The van der Waals surface area contributed by atoms with Gasteiger partial charge in [0.15, 0.2) is 0 Å². The van der Waals surface area contributed by atoms with Gasteiger partial charge in [0, 0.05) is 5.70 Å². The van der Waals surface area contributed by atoms with E-state index in [1.807, 2.05) is 20.8 Å². The maximum absolute atomic E-state index is 10.9. The SMILES string of the molecule is C=C(C)NC(CC(C)C)C(N)=O.CC. The van der Waals surface area contributed by atoms with Crippen molar-refractivity contribution in [3.05, 3.63) is 12.3 Å². The van der Waals surface area contributed by atoms with Gasteiger partial charge < -0.3 is 11.1 Å². The predicted octanol–water partition coefficient (Wildman–Crippen LogP) is 2.04. The third-order valence-corrected chi connectivity index (χ3v) is 1.47. The highest BCUT2D eigenvalue weighted by Gasteiger charge is 2.15. The lowest BCUT2D eigenvalue weighted by Crippen LogP contribution is -2.41. The van der Waals surface area contributed by atoms with E-state index < -0.39 is 0 Å². The monoisotopic (exact) mass is 200 g/mol. The molecule has 3 heteroatoms. The van der Waals surface area contributed by atoms with Crippen molar-refractivity contribution < 1.29 is 4.79 Å². The van der Waals surface area contributed by atoms with Gasteiger partial charge >= 0.3 is 0 Å². The van der Waals surface area contributed by atoms with Gasteiger partial charge in [0.2, 0.25) is 5.91 Å². The van der Waals surface area contributed by atoms with Crippen molar-refractivity contribution in [1.29, 1.82) is 0 Å². The Morgan fingerprint density at radius 2 is 1.86 bits per heavy atom. The van der Waals surface area contributed by atoms with Gasteiger partial charge in [-0.25, -0.2) is 0 Å². The van der Waals surface area contributed by atoms with E-state index in [-0.39, 0.29) is 11.9 Å². The molecule has 0 aliphatic heterocycles. The highest BCUT2D eigenvalue weighted by molar-refractivity contribution is 5.80. The quantitative estimate of drug-likeness (QED) is 0.713. The van der Waals surface area contributed by atoms with E-state index in [9.17, 15) is 4.79 Å². The lowest BCUT2D eigenvalue weighted by Gasteiger charge is -2.17. The molecule has 1 unspecified atom stereocenters. The number of nitrogens with two attached hydrogens (primary N) is 1. The van der Waals surface area contributed by atoms with Gasteiger partial charge in [0.25, 0.3) is 0 Å². The standard InChI is InChI=1S/C9H18N2O.C2H6/c1-6(2)5-8(9(10)12)11-7(3)4;1-2/h6,8,11H,3,5H2,1-2,4H3,(H2,10,12);1-2H3. The van der Waals surface area contributed by atoms with Gasteiger partial charge in [0.1, 0.15) is 6.04 Å². The highest BCUT2D eigenvalue weighted by atomic mass is 16.1. The second-order valence-corrected chi connectivity index (χ2v) is 3.51. The van der Waals surface area contributed by atoms with Gasteiger partial charge in [-0.3, -0.25) is 4.79 Å². The molecule has 1 amide bonds. The van der Waals surface area contributed by atoms with Crippen molar-refractivity contribution >= 4 is 5.91 Å². The van der Waals surface area contributed by atoms with E-state index >= 15 is 0 Å². The van der Waals surface area contributed by atoms with Crippen LogP contribution in [0.4, 0.5) is 0 Å². The first-order chi connectivity index (χ1) is 6.43. The molecular formula is C11H24N2O. The fraction of sp³-hybridized carbons (Fsp3) is 0.727. The van der Waals surface area contributed by atoms with Crippen molar-refractivity contribution in [3.8, 4) is 0 Å². The van der Waals surface area contributed by atoms with E-state index in [0.717, 1.165) is 12.1 Å². The zero-order valence-electron chi connectivity index (χ0n) is 10.1. The second kappa shape index (κ2) is 8.60. The van der Waals surface area contributed by atoms with Crippen LogP contribution in [0.15, 0.2) is 12.3 Å². The molecule has 14 heavy (non-hydrogen) atoms. The Balaban J connectivity index is 0. The molecule has 84 valence electrons. The van der Waals surface area contributed by atoms with Crippen molar-refractivity contribution in [2.45, 2.75) is 47.1 Å². The third-order valence-electron chi connectivity index (χ3n) is 1.47. The number of hydrogen-bond acceptors (Lipinski definition) is 2. The molecule has 0 fully saturated rings. The van der Waals surface area contributed by atoms with Crippen LogP contribution in [0.25, 0.3) is 0 Å². The predicted molar refractivity (Wildman–Crippen MR) is 61.7 cm³/mol. The number of nitrogens with one attached hydrogen (secondary N) is 1. The first-order valence-electron chi connectivity index (χ1n) is 5.14. The Morgan fingerprint density at radius 1 is 1.43 bits per heavy atom. The third kappa shape index (κ3) is 9.10. The minimum absolute atomic E-state index is 0.275. The Kier molecular flexibility index (Phi) is 9.51. The summed E-state index contributed by atoms with van der Waals surface area (Å²) in [5, 5.41) is 2.94. The molecule has 0 heterocycles. The van der Waals surface area contributed by atoms with Crippen LogP contribution in [-0.4, -0.2) is 11.9 Å². The molecule has 0 aromatic carbocycles. The maximum Gasteiger partial charge on any atom is 0.239 e. The fourth-order valence-electron chi connectivity index (χ4n) is 1.02. The van der Waals surface area contributed by atoms with Crippen molar-refractivity contribution in [3.63, 3.8) is 0 Å². The Labute approximate surface area is 87.8 Å². The number of amides is 1. The van der Waals surface area contributed by atoms with Crippen molar-refractivity contribution in [1.82, 2.24) is 5.32 Å². The van der Waals surface area contributed by atoms with Crippen LogP contribution >= 0.6 is 0 Å². The number of allylic oxidation sites excluding steroid dienone is 1. The van der Waals surface area contributed by atoms with Gasteiger partial charge in [-0.1, -0.05) is 34.3 Å². The molecule has 0 bridgehead atoms. The molecular weight excluding hydrogens is 176 g/mol. The normalized spacial score (nSPS) is 11.3. The van der Waals surface area contributed by atoms with Crippen molar-refractivity contribution in [2.24, 2.45) is 11.7 Å². The van der Waals surface area contributed by atoms with Gasteiger partial charge in [-0.05, 0) is 19.3 Å². The smallest absolute Gasteiger partial charge is 0.239 e. The van der Waals surface area contributed by atoms with Crippen LogP contribution in [0.2, 0.25) is 0 Å². The van der Waals surface area contributed by atoms with E-state index in [0.29, 0.717) is 5.92 Å². The summed E-state index contributed by atoms with van der Waals surface area (Å²) in [4.78, 5) is 10.9.